The average Bonchev–Trinajstić information content (AvgIpc) is 3.11. The minimum absolute atomic E-state index is 0.104. The molecule has 0 unspecified atom stereocenters. The predicted octanol–water partition coefficient (Wildman–Crippen LogP) is 4.25. The van der Waals surface area contributed by atoms with Gasteiger partial charge in [0.05, 0.1) is 5.41 Å². The fraction of sp³-hybridized carbons (Fsp3) is 0.440. The van der Waals surface area contributed by atoms with Crippen LogP contribution in [0, 0.1) is 10.8 Å². The van der Waals surface area contributed by atoms with Crippen molar-refractivity contribution in [3.05, 3.63) is 60.2 Å². The van der Waals surface area contributed by atoms with E-state index in [0.717, 1.165) is 11.1 Å². The van der Waals surface area contributed by atoms with E-state index in [2.05, 4.69) is 36.4 Å². The maximum atomic E-state index is 13.2. The first-order chi connectivity index (χ1) is 13.6. The quantitative estimate of drug-likeness (QED) is 0.780. The minimum atomic E-state index is -0.570. The van der Waals surface area contributed by atoms with E-state index >= 15 is 0 Å². The SMILES string of the molecule is CN(C)C(=O)[C@]1(Cc2cccc(-c3ccccc3)c2)CCN(C(=O)C(C)(C)C)C1. The van der Waals surface area contributed by atoms with Crippen LogP contribution in [0.15, 0.2) is 54.6 Å². The van der Waals surface area contributed by atoms with Crippen molar-refractivity contribution in [1.82, 2.24) is 9.80 Å². The van der Waals surface area contributed by atoms with Gasteiger partial charge in [0.25, 0.3) is 0 Å². The lowest BCUT2D eigenvalue weighted by atomic mass is 9.79. The highest BCUT2D eigenvalue weighted by Gasteiger charge is 2.48. The van der Waals surface area contributed by atoms with E-state index in [1.807, 2.05) is 43.9 Å². The van der Waals surface area contributed by atoms with Gasteiger partial charge in [-0.2, -0.15) is 0 Å². The second-order valence-electron chi connectivity index (χ2n) is 9.45. The number of nitrogens with zero attached hydrogens (tertiary/aromatic N) is 2. The van der Waals surface area contributed by atoms with Gasteiger partial charge in [-0.05, 0) is 29.5 Å². The Labute approximate surface area is 174 Å². The van der Waals surface area contributed by atoms with Crippen LogP contribution in [0.4, 0.5) is 0 Å². The van der Waals surface area contributed by atoms with E-state index in [4.69, 9.17) is 0 Å². The average molecular weight is 393 g/mol. The zero-order valence-electron chi connectivity index (χ0n) is 18.2. The molecule has 0 spiro atoms. The summed E-state index contributed by atoms with van der Waals surface area (Å²) in [5, 5.41) is 0. The Morgan fingerprint density at radius 2 is 1.66 bits per heavy atom. The molecule has 0 aliphatic carbocycles. The molecular formula is C25H32N2O2. The molecule has 2 amide bonds. The Balaban J connectivity index is 1.90. The molecule has 0 saturated carbocycles. The molecular weight excluding hydrogens is 360 g/mol. The van der Waals surface area contributed by atoms with Gasteiger partial charge in [-0.15, -0.1) is 0 Å². The Hall–Kier alpha value is -2.62. The number of carbonyl (C=O) groups excluding carboxylic acids is 2. The van der Waals surface area contributed by atoms with E-state index in [0.29, 0.717) is 25.9 Å². The fourth-order valence-electron chi connectivity index (χ4n) is 4.27. The third-order valence-corrected chi connectivity index (χ3v) is 5.72. The molecule has 4 heteroatoms. The summed E-state index contributed by atoms with van der Waals surface area (Å²) >= 11 is 0. The summed E-state index contributed by atoms with van der Waals surface area (Å²) in [6.07, 6.45) is 1.33. The van der Waals surface area contributed by atoms with Gasteiger partial charge in [0.15, 0.2) is 0 Å². The van der Waals surface area contributed by atoms with Crippen molar-refractivity contribution in [3.63, 3.8) is 0 Å². The molecule has 2 aromatic carbocycles. The Morgan fingerprint density at radius 1 is 1.00 bits per heavy atom. The van der Waals surface area contributed by atoms with Crippen molar-refractivity contribution in [2.45, 2.75) is 33.6 Å². The topological polar surface area (TPSA) is 40.6 Å². The molecule has 1 aliphatic heterocycles. The molecule has 0 N–H and O–H groups in total. The Kier molecular flexibility index (Phi) is 5.83. The maximum absolute atomic E-state index is 13.2. The molecule has 1 fully saturated rings. The van der Waals surface area contributed by atoms with Crippen molar-refractivity contribution >= 4 is 11.8 Å². The molecule has 1 heterocycles. The first-order valence-electron chi connectivity index (χ1n) is 10.3. The van der Waals surface area contributed by atoms with Crippen LogP contribution >= 0.6 is 0 Å². The summed E-state index contributed by atoms with van der Waals surface area (Å²) < 4.78 is 0. The number of benzene rings is 2. The first-order valence-corrected chi connectivity index (χ1v) is 10.3. The number of carbonyl (C=O) groups is 2. The predicted molar refractivity (Wildman–Crippen MR) is 117 cm³/mol. The van der Waals surface area contributed by atoms with E-state index in [1.165, 1.54) is 5.56 Å². The fourth-order valence-corrected chi connectivity index (χ4v) is 4.27. The third-order valence-electron chi connectivity index (χ3n) is 5.72. The van der Waals surface area contributed by atoms with Crippen molar-refractivity contribution in [2.24, 2.45) is 10.8 Å². The zero-order valence-corrected chi connectivity index (χ0v) is 18.2. The van der Waals surface area contributed by atoms with Gasteiger partial charge in [-0.1, -0.05) is 75.4 Å². The van der Waals surface area contributed by atoms with Gasteiger partial charge >= 0.3 is 0 Å². The number of rotatable bonds is 4. The highest BCUT2D eigenvalue weighted by Crippen LogP contribution is 2.38. The number of likely N-dealkylation sites (tertiary alicyclic amines) is 1. The lowest BCUT2D eigenvalue weighted by Crippen LogP contribution is -2.46. The van der Waals surface area contributed by atoms with Crippen LogP contribution < -0.4 is 0 Å². The van der Waals surface area contributed by atoms with Crippen LogP contribution in [0.25, 0.3) is 11.1 Å². The smallest absolute Gasteiger partial charge is 0.230 e. The zero-order chi connectivity index (χ0) is 21.2. The largest absolute Gasteiger partial charge is 0.348 e. The van der Waals surface area contributed by atoms with E-state index in [1.54, 1.807) is 19.0 Å². The van der Waals surface area contributed by atoms with Gasteiger partial charge in [0.2, 0.25) is 11.8 Å². The first kappa shape index (κ1) is 21.1. The normalized spacial score (nSPS) is 19.3. The monoisotopic (exact) mass is 392 g/mol. The molecule has 0 radical (unpaired) electrons. The molecule has 1 saturated heterocycles. The number of hydrogen-bond donors (Lipinski definition) is 0. The van der Waals surface area contributed by atoms with Crippen molar-refractivity contribution in [2.75, 3.05) is 27.2 Å². The van der Waals surface area contributed by atoms with E-state index in [9.17, 15) is 9.59 Å². The van der Waals surface area contributed by atoms with Gasteiger partial charge < -0.3 is 9.80 Å². The summed E-state index contributed by atoms with van der Waals surface area (Å²) in [6, 6.07) is 18.7. The maximum Gasteiger partial charge on any atom is 0.230 e. The van der Waals surface area contributed by atoms with Gasteiger partial charge in [0.1, 0.15) is 0 Å². The Bertz CT molecular complexity index is 883. The van der Waals surface area contributed by atoms with Crippen LogP contribution in [0.3, 0.4) is 0 Å². The van der Waals surface area contributed by atoms with Crippen LogP contribution in [0.5, 0.6) is 0 Å². The molecule has 0 aromatic heterocycles. The minimum Gasteiger partial charge on any atom is -0.348 e. The highest BCUT2D eigenvalue weighted by atomic mass is 16.2. The Morgan fingerprint density at radius 3 is 2.28 bits per heavy atom. The van der Waals surface area contributed by atoms with E-state index < -0.39 is 10.8 Å². The molecule has 29 heavy (non-hydrogen) atoms. The van der Waals surface area contributed by atoms with Gasteiger partial charge in [0, 0.05) is 32.6 Å². The van der Waals surface area contributed by atoms with Crippen LogP contribution in [-0.2, 0) is 16.0 Å². The third kappa shape index (κ3) is 4.52. The molecule has 0 bridgehead atoms. The summed E-state index contributed by atoms with van der Waals surface area (Å²) in [4.78, 5) is 29.6. The van der Waals surface area contributed by atoms with Crippen LogP contribution in [-0.4, -0.2) is 48.8 Å². The second-order valence-corrected chi connectivity index (χ2v) is 9.45. The van der Waals surface area contributed by atoms with E-state index in [-0.39, 0.29) is 11.8 Å². The summed E-state index contributed by atoms with van der Waals surface area (Å²) in [6.45, 7) is 6.93. The molecule has 4 nitrogen and oxygen atoms in total. The second kappa shape index (κ2) is 8.02. The summed E-state index contributed by atoms with van der Waals surface area (Å²) in [7, 11) is 3.61. The molecule has 154 valence electrons. The molecule has 2 aromatic rings. The number of amides is 2. The standard InChI is InChI=1S/C25H32N2O2/c1-24(2,3)22(28)27-15-14-25(18-27,23(29)26(4)5)17-19-10-9-13-21(16-19)20-11-7-6-8-12-20/h6-13,16H,14-15,17-18H2,1-5H3/t25-/m0/s1. The van der Waals surface area contributed by atoms with Crippen LogP contribution in [0.1, 0.15) is 32.8 Å². The van der Waals surface area contributed by atoms with Gasteiger partial charge in [-0.25, -0.2) is 0 Å². The summed E-state index contributed by atoms with van der Waals surface area (Å²) in [5.74, 6) is 0.218. The lowest BCUT2D eigenvalue weighted by molar-refractivity contribution is -0.142. The van der Waals surface area contributed by atoms with Crippen molar-refractivity contribution in [3.8, 4) is 11.1 Å². The molecule has 1 atom stereocenters. The van der Waals surface area contributed by atoms with Crippen molar-refractivity contribution < 1.29 is 9.59 Å². The highest BCUT2D eigenvalue weighted by molar-refractivity contribution is 5.87. The van der Waals surface area contributed by atoms with Crippen LogP contribution in [0.2, 0.25) is 0 Å². The number of hydrogen-bond acceptors (Lipinski definition) is 2. The van der Waals surface area contributed by atoms with Gasteiger partial charge in [-0.3, -0.25) is 9.59 Å². The molecule has 3 rings (SSSR count). The lowest BCUT2D eigenvalue weighted by Gasteiger charge is -2.32. The molecule has 1 aliphatic rings. The summed E-state index contributed by atoms with van der Waals surface area (Å²) in [5.41, 5.74) is 2.44. The van der Waals surface area contributed by atoms with Crippen molar-refractivity contribution in [1.29, 1.82) is 0 Å².